The molecule has 19 heavy (non-hydrogen) atoms. The van der Waals surface area contributed by atoms with Crippen molar-refractivity contribution in [2.45, 2.75) is 20.8 Å². The molecule has 0 radical (unpaired) electrons. The van der Waals surface area contributed by atoms with Gasteiger partial charge in [0.1, 0.15) is 17.1 Å². The smallest absolute Gasteiger partial charge is 0.341 e. The molecule has 2 aromatic rings. The summed E-state index contributed by atoms with van der Waals surface area (Å²) in [7, 11) is 0. The zero-order chi connectivity index (χ0) is 14.0. The van der Waals surface area contributed by atoms with Crippen LogP contribution in [-0.4, -0.2) is 16.1 Å². The third-order valence-electron chi connectivity index (χ3n) is 2.80. The number of pyridine rings is 1. The molecule has 1 heterocycles. The van der Waals surface area contributed by atoms with E-state index in [4.69, 9.17) is 9.84 Å². The van der Waals surface area contributed by atoms with E-state index in [9.17, 15) is 4.79 Å². The zero-order valence-electron chi connectivity index (χ0n) is 11.1. The first-order valence-corrected chi connectivity index (χ1v) is 5.92. The molecule has 0 aliphatic carbocycles. The summed E-state index contributed by atoms with van der Waals surface area (Å²) in [5, 5.41) is 9.14. The first-order valence-electron chi connectivity index (χ1n) is 5.92. The van der Waals surface area contributed by atoms with Crippen molar-refractivity contribution in [3.05, 3.63) is 52.8 Å². The number of nitrogens with zero attached hydrogens (tertiary/aromatic N) is 1. The highest BCUT2D eigenvalue weighted by Crippen LogP contribution is 2.28. The minimum Gasteiger partial charge on any atom is -0.477 e. The lowest BCUT2D eigenvalue weighted by Crippen LogP contribution is -2.02. The molecular weight excluding hydrogens is 242 g/mol. The number of aromatic nitrogens is 1. The maximum atomic E-state index is 11.2. The Morgan fingerprint density at radius 1 is 1.16 bits per heavy atom. The van der Waals surface area contributed by atoms with E-state index in [1.54, 1.807) is 13.0 Å². The summed E-state index contributed by atoms with van der Waals surface area (Å²) in [6.45, 7) is 5.67. The molecule has 4 heteroatoms. The average molecular weight is 257 g/mol. The largest absolute Gasteiger partial charge is 0.477 e. The van der Waals surface area contributed by atoms with Gasteiger partial charge in [0, 0.05) is 18.0 Å². The Kier molecular flexibility index (Phi) is 3.51. The van der Waals surface area contributed by atoms with Crippen LogP contribution in [0.5, 0.6) is 11.5 Å². The number of ether oxygens (including phenoxy) is 1. The van der Waals surface area contributed by atoms with Gasteiger partial charge in [-0.25, -0.2) is 4.79 Å². The molecule has 98 valence electrons. The highest BCUT2D eigenvalue weighted by Gasteiger charge is 2.14. The zero-order valence-corrected chi connectivity index (χ0v) is 11.1. The summed E-state index contributed by atoms with van der Waals surface area (Å²) < 4.78 is 5.74. The molecule has 0 fully saturated rings. The van der Waals surface area contributed by atoms with E-state index in [2.05, 4.69) is 4.98 Å². The van der Waals surface area contributed by atoms with Gasteiger partial charge in [-0.3, -0.25) is 4.98 Å². The van der Waals surface area contributed by atoms with Crippen molar-refractivity contribution < 1.29 is 14.6 Å². The van der Waals surface area contributed by atoms with E-state index in [1.807, 2.05) is 32.0 Å². The standard InChI is InChI=1S/C15H15NO3/c1-9-4-5-10(2)13(6-9)19-14-7-11(3)16-8-12(14)15(17)18/h4-8H,1-3H3,(H,17,18). The minimum absolute atomic E-state index is 0.0616. The summed E-state index contributed by atoms with van der Waals surface area (Å²) in [5.74, 6) is -0.0744. The van der Waals surface area contributed by atoms with Crippen LogP contribution in [0.25, 0.3) is 0 Å². The highest BCUT2D eigenvalue weighted by atomic mass is 16.5. The number of benzene rings is 1. The van der Waals surface area contributed by atoms with Crippen molar-refractivity contribution in [1.82, 2.24) is 4.98 Å². The van der Waals surface area contributed by atoms with Gasteiger partial charge in [-0.05, 0) is 38.0 Å². The van der Waals surface area contributed by atoms with Crippen LogP contribution in [0.4, 0.5) is 0 Å². The van der Waals surface area contributed by atoms with Crippen molar-refractivity contribution in [2.24, 2.45) is 0 Å². The van der Waals surface area contributed by atoms with Crippen molar-refractivity contribution >= 4 is 5.97 Å². The minimum atomic E-state index is -1.05. The van der Waals surface area contributed by atoms with Crippen LogP contribution in [0.1, 0.15) is 27.2 Å². The maximum absolute atomic E-state index is 11.2. The molecule has 0 bridgehead atoms. The molecule has 1 N–H and O–H groups in total. The summed E-state index contributed by atoms with van der Waals surface area (Å²) in [6, 6.07) is 7.44. The molecule has 2 rings (SSSR count). The fourth-order valence-electron chi connectivity index (χ4n) is 1.72. The second-order valence-electron chi connectivity index (χ2n) is 4.50. The van der Waals surface area contributed by atoms with Gasteiger partial charge in [0.15, 0.2) is 0 Å². The molecule has 1 aromatic heterocycles. The van der Waals surface area contributed by atoms with Gasteiger partial charge in [-0.1, -0.05) is 12.1 Å². The normalized spacial score (nSPS) is 10.3. The van der Waals surface area contributed by atoms with Crippen LogP contribution in [0.3, 0.4) is 0 Å². The Labute approximate surface area is 111 Å². The quantitative estimate of drug-likeness (QED) is 0.914. The number of carbonyl (C=O) groups is 1. The lowest BCUT2D eigenvalue weighted by molar-refractivity contribution is 0.0693. The third kappa shape index (κ3) is 2.91. The van der Waals surface area contributed by atoms with Crippen molar-refractivity contribution in [3.63, 3.8) is 0 Å². The van der Waals surface area contributed by atoms with Crippen LogP contribution >= 0.6 is 0 Å². The van der Waals surface area contributed by atoms with E-state index in [1.165, 1.54) is 6.20 Å². The number of hydrogen-bond acceptors (Lipinski definition) is 3. The number of hydrogen-bond donors (Lipinski definition) is 1. The molecule has 0 saturated heterocycles. The molecule has 0 spiro atoms. The number of aryl methyl sites for hydroxylation is 3. The Bertz CT molecular complexity index is 635. The highest BCUT2D eigenvalue weighted by molar-refractivity contribution is 5.90. The van der Waals surface area contributed by atoms with Gasteiger partial charge >= 0.3 is 5.97 Å². The first-order chi connectivity index (χ1) is 8.97. The molecule has 1 aromatic carbocycles. The average Bonchev–Trinajstić information content (AvgIpc) is 2.33. The topological polar surface area (TPSA) is 59.4 Å². The molecule has 0 atom stereocenters. The second kappa shape index (κ2) is 5.10. The third-order valence-corrected chi connectivity index (χ3v) is 2.80. The lowest BCUT2D eigenvalue weighted by atomic mass is 10.1. The summed E-state index contributed by atoms with van der Waals surface area (Å²) in [4.78, 5) is 15.1. The van der Waals surface area contributed by atoms with Crippen LogP contribution in [0.15, 0.2) is 30.5 Å². The van der Waals surface area contributed by atoms with Gasteiger partial charge in [-0.15, -0.1) is 0 Å². The fourth-order valence-corrected chi connectivity index (χ4v) is 1.72. The summed E-state index contributed by atoms with van der Waals surface area (Å²) in [6.07, 6.45) is 1.32. The number of carboxylic acid groups (broad SMARTS) is 1. The van der Waals surface area contributed by atoms with E-state index >= 15 is 0 Å². The summed E-state index contributed by atoms with van der Waals surface area (Å²) >= 11 is 0. The Morgan fingerprint density at radius 3 is 2.58 bits per heavy atom. The molecule has 0 aliphatic rings. The van der Waals surface area contributed by atoms with Gasteiger partial charge in [0.25, 0.3) is 0 Å². The van der Waals surface area contributed by atoms with Gasteiger partial charge in [0.2, 0.25) is 0 Å². The van der Waals surface area contributed by atoms with Gasteiger partial charge < -0.3 is 9.84 Å². The van der Waals surface area contributed by atoms with Gasteiger partial charge in [-0.2, -0.15) is 0 Å². The Hall–Kier alpha value is -2.36. The molecular formula is C15H15NO3. The molecule has 0 unspecified atom stereocenters. The van der Waals surface area contributed by atoms with E-state index in [0.717, 1.165) is 11.1 Å². The predicted molar refractivity (Wildman–Crippen MR) is 71.9 cm³/mol. The van der Waals surface area contributed by atoms with Crippen LogP contribution in [0, 0.1) is 20.8 Å². The first kappa shape index (κ1) is 13.1. The van der Waals surface area contributed by atoms with Gasteiger partial charge in [0.05, 0.1) is 0 Å². The fraction of sp³-hybridized carbons (Fsp3) is 0.200. The van der Waals surface area contributed by atoms with Crippen molar-refractivity contribution in [1.29, 1.82) is 0 Å². The van der Waals surface area contributed by atoms with Crippen LogP contribution < -0.4 is 4.74 Å². The molecule has 0 saturated carbocycles. The number of rotatable bonds is 3. The number of aromatic carboxylic acids is 1. The molecule has 4 nitrogen and oxygen atoms in total. The van der Waals surface area contributed by atoms with E-state index < -0.39 is 5.97 Å². The Morgan fingerprint density at radius 2 is 1.89 bits per heavy atom. The molecule has 0 aliphatic heterocycles. The Balaban J connectivity index is 2.45. The van der Waals surface area contributed by atoms with Crippen LogP contribution in [0.2, 0.25) is 0 Å². The number of carboxylic acids is 1. The van der Waals surface area contributed by atoms with Crippen molar-refractivity contribution in [3.8, 4) is 11.5 Å². The lowest BCUT2D eigenvalue weighted by Gasteiger charge is -2.12. The van der Waals surface area contributed by atoms with E-state index in [-0.39, 0.29) is 5.56 Å². The van der Waals surface area contributed by atoms with E-state index in [0.29, 0.717) is 17.2 Å². The predicted octanol–water partition coefficient (Wildman–Crippen LogP) is 3.50. The second-order valence-corrected chi connectivity index (χ2v) is 4.50. The maximum Gasteiger partial charge on any atom is 0.341 e. The monoisotopic (exact) mass is 257 g/mol. The van der Waals surface area contributed by atoms with Crippen LogP contribution in [-0.2, 0) is 0 Å². The van der Waals surface area contributed by atoms with Crippen molar-refractivity contribution in [2.75, 3.05) is 0 Å². The molecule has 0 amide bonds. The summed E-state index contributed by atoms with van der Waals surface area (Å²) in [5.41, 5.74) is 2.79. The SMILES string of the molecule is Cc1ccc(C)c(Oc2cc(C)ncc2C(=O)O)c1.